The van der Waals surface area contributed by atoms with E-state index < -0.39 is 11.0 Å². The number of aromatic nitrogens is 1. The van der Waals surface area contributed by atoms with Crippen molar-refractivity contribution in [2.45, 2.75) is 44.8 Å². The number of halogens is 1. The summed E-state index contributed by atoms with van der Waals surface area (Å²) in [5, 5.41) is 0. The maximum absolute atomic E-state index is 11.8. The molecule has 0 aliphatic heterocycles. The molecule has 0 radical (unpaired) electrons. The summed E-state index contributed by atoms with van der Waals surface area (Å²) in [5.74, 6) is 0. The molecular weight excluding hydrogens is 312 g/mol. The van der Waals surface area contributed by atoms with Gasteiger partial charge in [0.15, 0.2) is 0 Å². The molecule has 5 heteroatoms. The Morgan fingerprint density at radius 2 is 2.17 bits per heavy atom. The minimum atomic E-state index is -1.23. The zero-order valence-corrected chi connectivity index (χ0v) is 13.3. The Labute approximate surface area is 119 Å². The van der Waals surface area contributed by atoms with Crippen LogP contribution in [0.3, 0.4) is 0 Å². The summed E-state index contributed by atoms with van der Waals surface area (Å²) in [6.07, 6.45) is 4.90. The standard InChI is InChI=1S/C13H17BrN2OS/c1-13(2,3)18(17)15-8-9-7-11(14)10-5-4-6-12(10)16-9/h7-8H,4-6H2,1-3H3. The van der Waals surface area contributed by atoms with E-state index in [0.717, 1.165) is 35.1 Å². The molecule has 0 aromatic carbocycles. The van der Waals surface area contributed by atoms with E-state index in [2.05, 4.69) is 25.3 Å². The first-order valence-corrected chi connectivity index (χ1v) is 7.92. The van der Waals surface area contributed by atoms with Gasteiger partial charge in [0.2, 0.25) is 0 Å². The van der Waals surface area contributed by atoms with Crippen molar-refractivity contribution in [3.05, 3.63) is 27.5 Å². The Bertz CT molecular complexity index is 520. The molecule has 0 amide bonds. The molecule has 1 unspecified atom stereocenters. The molecule has 0 fully saturated rings. The summed E-state index contributed by atoms with van der Waals surface area (Å²) in [7, 11) is -1.23. The van der Waals surface area contributed by atoms with E-state index in [1.54, 1.807) is 6.21 Å². The van der Waals surface area contributed by atoms with Gasteiger partial charge in [-0.05, 0) is 51.7 Å². The molecule has 1 aromatic heterocycles. The normalized spacial score (nSPS) is 17.1. The van der Waals surface area contributed by atoms with Crippen LogP contribution in [-0.4, -0.2) is 20.2 Å². The van der Waals surface area contributed by atoms with Crippen LogP contribution < -0.4 is 0 Å². The molecule has 2 rings (SSSR count). The summed E-state index contributed by atoms with van der Waals surface area (Å²) in [4.78, 5) is 4.55. The topological polar surface area (TPSA) is 42.3 Å². The number of rotatable bonds is 2. The van der Waals surface area contributed by atoms with E-state index in [9.17, 15) is 4.21 Å². The van der Waals surface area contributed by atoms with Gasteiger partial charge in [0.05, 0.1) is 16.7 Å². The fourth-order valence-corrected chi connectivity index (χ4v) is 3.02. The van der Waals surface area contributed by atoms with Crippen LogP contribution in [0.15, 0.2) is 14.9 Å². The Balaban J connectivity index is 2.23. The number of fused-ring (bicyclic) bond motifs is 1. The minimum absolute atomic E-state index is 0.329. The second kappa shape index (κ2) is 5.21. The second-order valence-electron chi connectivity index (χ2n) is 5.40. The van der Waals surface area contributed by atoms with E-state index in [1.807, 2.05) is 26.8 Å². The van der Waals surface area contributed by atoms with Crippen LogP contribution in [0, 0.1) is 0 Å². The lowest BCUT2D eigenvalue weighted by molar-refractivity contribution is 0.651. The van der Waals surface area contributed by atoms with Gasteiger partial charge in [0.1, 0.15) is 11.0 Å². The van der Waals surface area contributed by atoms with Crippen molar-refractivity contribution < 1.29 is 4.21 Å². The molecule has 0 spiro atoms. The van der Waals surface area contributed by atoms with Crippen LogP contribution in [0.4, 0.5) is 0 Å². The van der Waals surface area contributed by atoms with Gasteiger partial charge in [-0.15, -0.1) is 0 Å². The zero-order valence-electron chi connectivity index (χ0n) is 10.9. The van der Waals surface area contributed by atoms with Gasteiger partial charge in [0, 0.05) is 10.2 Å². The summed E-state index contributed by atoms with van der Waals surface area (Å²) < 4.78 is 16.7. The largest absolute Gasteiger partial charge is 0.251 e. The molecule has 3 nitrogen and oxygen atoms in total. The molecule has 0 N–H and O–H groups in total. The van der Waals surface area contributed by atoms with Crippen molar-refractivity contribution in [2.24, 2.45) is 4.40 Å². The third-order valence-electron chi connectivity index (χ3n) is 2.82. The predicted octanol–water partition coefficient (Wildman–Crippen LogP) is 3.21. The molecule has 98 valence electrons. The van der Waals surface area contributed by atoms with Gasteiger partial charge < -0.3 is 0 Å². The highest BCUT2D eigenvalue weighted by Crippen LogP contribution is 2.28. The van der Waals surface area contributed by atoms with Crippen LogP contribution in [-0.2, 0) is 23.8 Å². The number of hydrogen-bond acceptors (Lipinski definition) is 2. The first-order chi connectivity index (χ1) is 8.38. The highest BCUT2D eigenvalue weighted by molar-refractivity contribution is 9.10. The Morgan fingerprint density at radius 3 is 2.83 bits per heavy atom. The van der Waals surface area contributed by atoms with Gasteiger partial charge in [-0.1, -0.05) is 15.9 Å². The lowest BCUT2D eigenvalue weighted by Crippen LogP contribution is -2.19. The molecule has 0 saturated carbocycles. The Kier molecular flexibility index (Phi) is 4.02. The lowest BCUT2D eigenvalue weighted by atomic mass is 10.2. The van der Waals surface area contributed by atoms with Crippen LogP contribution in [0.2, 0.25) is 0 Å². The van der Waals surface area contributed by atoms with Crippen molar-refractivity contribution in [3.63, 3.8) is 0 Å². The van der Waals surface area contributed by atoms with E-state index in [1.165, 1.54) is 5.56 Å². The minimum Gasteiger partial charge on any atom is -0.251 e. The molecule has 1 aliphatic carbocycles. The van der Waals surface area contributed by atoms with Crippen LogP contribution >= 0.6 is 15.9 Å². The number of pyridine rings is 1. The molecular formula is C13H17BrN2OS. The van der Waals surface area contributed by atoms with Gasteiger partial charge >= 0.3 is 0 Å². The monoisotopic (exact) mass is 328 g/mol. The van der Waals surface area contributed by atoms with Crippen LogP contribution in [0.1, 0.15) is 44.1 Å². The van der Waals surface area contributed by atoms with E-state index in [0.29, 0.717) is 0 Å². The summed E-state index contributed by atoms with van der Waals surface area (Å²) in [6, 6.07) is 1.95. The fourth-order valence-electron chi connectivity index (χ4n) is 1.84. The van der Waals surface area contributed by atoms with E-state index in [-0.39, 0.29) is 4.75 Å². The number of nitrogens with zero attached hydrogens (tertiary/aromatic N) is 2. The quantitative estimate of drug-likeness (QED) is 0.782. The van der Waals surface area contributed by atoms with Gasteiger partial charge in [-0.3, -0.25) is 4.98 Å². The van der Waals surface area contributed by atoms with Crippen molar-refractivity contribution >= 4 is 33.1 Å². The lowest BCUT2D eigenvalue weighted by Gasteiger charge is -2.12. The molecule has 18 heavy (non-hydrogen) atoms. The third-order valence-corrected chi connectivity index (χ3v) is 4.87. The molecule has 1 atom stereocenters. The van der Waals surface area contributed by atoms with Crippen molar-refractivity contribution in [1.29, 1.82) is 0 Å². The summed E-state index contributed by atoms with van der Waals surface area (Å²) in [6.45, 7) is 5.73. The second-order valence-corrected chi connectivity index (χ2v) is 8.19. The van der Waals surface area contributed by atoms with Gasteiger partial charge in [-0.25, -0.2) is 4.21 Å². The SMILES string of the molecule is CC(C)(C)S(=O)N=Cc1cc(Br)c2c(n1)CCC2. The molecule has 1 heterocycles. The fraction of sp³-hybridized carbons (Fsp3) is 0.538. The third kappa shape index (κ3) is 3.06. The maximum Gasteiger partial charge on any atom is 0.144 e. The maximum atomic E-state index is 11.8. The zero-order chi connectivity index (χ0) is 13.3. The van der Waals surface area contributed by atoms with Crippen molar-refractivity contribution in [3.8, 4) is 0 Å². The van der Waals surface area contributed by atoms with Crippen molar-refractivity contribution in [2.75, 3.05) is 0 Å². The highest BCUT2D eigenvalue weighted by atomic mass is 79.9. The molecule has 1 aromatic rings. The Morgan fingerprint density at radius 1 is 1.44 bits per heavy atom. The Hall–Kier alpha value is -0.550. The predicted molar refractivity (Wildman–Crippen MR) is 79.5 cm³/mol. The summed E-state index contributed by atoms with van der Waals surface area (Å²) >= 11 is 3.57. The van der Waals surface area contributed by atoms with Gasteiger partial charge in [0.25, 0.3) is 0 Å². The molecule has 0 saturated heterocycles. The number of aryl methyl sites for hydroxylation is 1. The smallest absolute Gasteiger partial charge is 0.144 e. The summed E-state index contributed by atoms with van der Waals surface area (Å²) in [5.41, 5.74) is 3.23. The first-order valence-electron chi connectivity index (χ1n) is 6.02. The average Bonchev–Trinajstić information content (AvgIpc) is 2.73. The molecule has 0 bridgehead atoms. The van der Waals surface area contributed by atoms with E-state index in [4.69, 9.17) is 0 Å². The first kappa shape index (κ1) is 13.9. The van der Waals surface area contributed by atoms with Crippen LogP contribution in [0.25, 0.3) is 0 Å². The molecule has 1 aliphatic rings. The van der Waals surface area contributed by atoms with E-state index >= 15 is 0 Å². The average molecular weight is 329 g/mol. The van der Waals surface area contributed by atoms with Crippen LogP contribution in [0.5, 0.6) is 0 Å². The van der Waals surface area contributed by atoms with Gasteiger partial charge in [-0.2, -0.15) is 4.40 Å². The highest BCUT2D eigenvalue weighted by Gasteiger charge is 2.19. The van der Waals surface area contributed by atoms with Crippen molar-refractivity contribution in [1.82, 2.24) is 4.98 Å². The number of hydrogen-bond donors (Lipinski definition) is 0.